The Morgan fingerprint density at radius 3 is 2.33 bits per heavy atom. The number of hydrogen-bond acceptors (Lipinski definition) is 5. The first-order valence-corrected chi connectivity index (χ1v) is 8.78. The first-order chi connectivity index (χ1) is 12.9. The van der Waals surface area contributed by atoms with Gasteiger partial charge in [0.25, 0.3) is 5.91 Å². The fourth-order valence-corrected chi connectivity index (χ4v) is 2.22. The van der Waals surface area contributed by atoms with E-state index in [4.69, 9.17) is 14.2 Å². The van der Waals surface area contributed by atoms with Crippen molar-refractivity contribution in [2.75, 3.05) is 19.0 Å². The summed E-state index contributed by atoms with van der Waals surface area (Å²) >= 11 is 0. The quantitative estimate of drug-likeness (QED) is 0.712. The lowest BCUT2D eigenvalue weighted by Gasteiger charge is -2.15. The minimum absolute atomic E-state index is 0.281. The molecule has 1 amide bonds. The predicted molar refractivity (Wildman–Crippen MR) is 103 cm³/mol. The van der Waals surface area contributed by atoms with Crippen LogP contribution in [0.1, 0.15) is 31.1 Å². The third-order valence-corrected chi connectivity index (χ3v) is 3.67. The molecule has 27 heavy (non-hydrogen) atoms. The molecule has 6 nitrogen and oxygen atoms in total. The molecule has 0 aliphatic carbocycles. The lowest BCUT2D eigenvalue weighted by Crippen LogP contribution is -2.30. The number of carbonyl (C=O) groups is 2. The van der Waals surface area contributed by atoms with Crippen LogP contribution in [0.2, 0.25) is 0 Å². The number of rotatable bonds is 8. The molecule has 2 rings (SSSR count). The second-order valence-electron chi connectivity index (χ2n) is 6.47. The van der Waals surface area contributed by atoms with Crippen molar-refractivity contribution in [2.24, 2.45) is 5.92 Å². The van der Waals surface area contributed by atoms with Gasteiger partial charge >= 0.3 is 5.97 Å². The molecule has 0 saturated carbocycles. The molecule has 2 aromatic carbocycles. The van der Waals surface area contributed by atoms with Crippen LogP contribution >= 0.6 is 0 Å². The molecule has 0 aliphatic rings. The average Bonchev–Trinajstić information content (AvgIpc) is 2.66. The van der Waals surface area contributed by atoms with Gasteiger partial charge in [-0.3, -0.25) is 4.79 Å². The van der Waals surface area contributed by atoms with E-state index in [-0.39, 0.29) is 5.56 Å². The highest BCUT2D eigenvalue weighted by Gasteiger charge is 2.20. The minimum Gasteiger partial charge on any atom is -0.493 e. The standard InChI is InChI=1S/C21H25NO5/c1-14(2)13-26-18-11-10-16(12-19(18)25-4)21(24)27-15(3)20(23)22-17-8-6-5-7-9-17/h5-12,14-15H,13H2,1-4H3,(H,22,23). The Morgan fingerprint density at radius 1 is 1.00 bits per heavy atom. The molecule has 0 heterocycles. The maximum atomic E-state index is 12.4. The Balaban J connectivity index is 2.00. The maximum Gasteiger partial charge on any atom is 0.339 e. The van der Waals surface area contributed by atoms with E-state index in [1.807, 2.05) is 32.0 Å². The van der Waals surface area contributed by atoms with Crippen LogP contribution in [0.25, 0.3) is 0 Å². The van der Waals surface area contributed by atoms with Crippen molar-refractivity contribution in [1.29, 1.82) is 0 Å². The zero-order valence-corrected chi connectivity index (χ0v) is 16.0. The van der Waals surface area contributed by atoms with Gasteiger partial charge in [-0.2, -0.15) is 0 Å². The predicted octanol–water partition coefficient (Wildman–Crippen LogP) is 3.91. The van der Waals surface area contributed by atoms with Gasteiger partial charge in [-0.25, -0.2) is 4.79 Å². The van der Waals surface area contributed by atoms with Crippen molar-refractivity contribution in [3.63, 3.8) is 0 Å². The zero-order valence-electron chi connectivity index (χ0n) is 16.0. The minimum atomic E-state index is -0.944. The highest BCUT2D eigenvalue weighted by Crippen LogP contribution is 2.29. The summed E-state index contributed by atoms with van der Waals surface area (Å²) in [5.74, 6) is 0.338. The van der Waals surface area contributed by atoms with Crippen LogP contribution < -0.4 is 14.8 Å². The third-order valence-electron chi connectivity index (χ3n) is 3.67. The summed E-state index contributed by atoms with van der Waals surface area (Å²) in [6, 6.07) is 13.8. The van der Waals surface area contributed by atoms with Crippen molar-refractivity contribution in [3.05, 3.63) is 54.1 Å². The topological polar surface area (TPSA) is 73.9 Å². The van der Waals surface area contributed by atoms with Gasteiger partial charge in [0.1, 0.15) is 0 Å². The Kier molecular flexibility index (Phi) is 7.23. The maximum absolute atomic E-state index is 12.4. The van der Waals surface area contributed by atoms with E-state index in [9.17, 15) is 9.59 Å². The molecule has 2 aromatic rings. The van der Waals surface area contributed by atoms with Crippen molar-refractivity contribution in [1.82, 2.24) is 0 Å². The molecule has 1 atom stereocenters. The lowest BCUT2D eigenvalue weighted by molar-refractivity contribution is -0.123. The van der Waals surface area contributed by atoms with E-state index < -0.39 is 18.0 Å². The molecule has 0 spiro atoms. The number of nitrogens with one attached hydrogen (secondary N) is 1. The molecule has 1 unspecified atom stereocenters. The Labute approximate surface area is 159 Å². The summed E-state index contributed by atoms with van der Waals surface area (Å²) in [5, 5.41) is 2.70. The van der Waals surface area contributed by atoms with Gasteiger partial charge in [-0.15, -0.1) is 0 Å². The number of ether oxygens (including phenoxy) is 3. The molecule has 6 heteroatoms. The van der Waals surface area contributed by atoms with Gasteiger partial charge in [-0.05, 0) is 43.2 Å². The van der Waals surface area contributed by atoms with E-state index in [1.165, 1.54) is 14.0 Å². The van der Waals surface area contributed by atoms with Gasteiger partial charge < -0.3 is 19.5 Å². The number of benzene rings is 2. The molecule has 0 bridgehead atoms. The van der Waals surface area contributed by atoms with Crippen LogP contribution in [0.4, 0.5) is 5.69 Å². The van der Waals surface area contributed by atoms with Crippen LogP contribution in [0, 0.1) is 5.92 Å². The number of amides is 1. The van der Waals surface area contributed by atoms with E-state index in [2.05, 4.69) is 5.32 Å². The van der Waals surface area contributed by atoms with Crippen LogP contribution in [-0.2, 0) is 9.53 Å². The fraction of sp³-hybridized carbons (Fsp3) is 0.333. The van der Waals surface area contributed by atoms with Crippen molar-refractivity contribution < 1.29 is 23.8 Å². The fourth-order valence-electron chi connectivity index (χ4n) is 2.22. The van der Waals surface area contributed by atoms with E-state index in [1.54, 1.807) is 30.3 Å². The second kappa shape index (κ2) is 9.62. The Morgan fingerprint density at radius 2 is 1.70 bits per heavy atom. The highest BCUT2D eigenvalue weighted by atomic mass is 16.5. The number of para-hydroxylation sites is 1. The molecular weight excluding hydrogens is 346 g/mol. The van der Waals surface area contributed by atoms with Gasteiger partial charge in [0.05, 0.1) is 19.3 Å². The van der Waals surface area contributed by atoms with Crippen molar-refractivity contribution >= 4 is 17.6 Å². The number of hydrogen-bond donors (Lipinski definition) is 1. The SMILES string of the molecule is COc1cc(C(=O)OC(C)C(=O)Nc2ccccc2)ccc1OCC(C)C. The molecule has 144 valence electrons. The summed E-state index contributed by atoms with van der Waals surface area (Å²) in [7, 11) is 1.50. The molecule has 0 fully saturated rings. The lowest BCUT2D eigenvalue weighted by atomic mass is 10.2. The summed E-state index contributed by atoms with van der Waals surface area (Å²) in [5.41, 5.74) is 0.918. The van der Waals surface area contributed by atoms with Crippen LogP contribution in [0.15, 0.2) is 48.5 Å². The number of carbonyl (C=O) groups excluding carboxylic acids is 2. The molecule has 0 saturated heterocycles. The highest BCUT2D eigenvalue weighted by molar-refractivity contribution is 5.97. The largest absolute Gasteiger partial charge is 0.493 e. The van der Waals surface area contributed by atoms with Gasteiger partial charge in [-0.1, -0.05) is 32.0 Å². The molecule has 1 N–H and O–H groups in total. The van der Waals surface area contributed by atoms with E-state index in [0.29, 0.717) is 29.7 Å². The Bertz CT molecular complexity index is 773. The first-order valence-electron chi connectivity index (χ1n) is 8.78. The number of methoxy groups -OCH3 is 1. The van der Waals surface area contributed by atoms with Gasteiger partial charge in [0.15, 0.2) is 17.6 Å². The monoisotopic (exact) mass is 371 g/mol. The Hall–Kier alpha value is -3.02. The van der Waals surface area contributed by atoms with Crippen LogP contribution in [0.5, 0.6) is 11.5 Å². The molecule has 0 radical (unpaired) electrons. The number of esters is 1. The zero-order chi connectivity index (χ0) is 19.8. The molecule has 0 aromatic heterocycles. The molecule has 0 aliphatic heterocycles. The summed E-state index contributed by atoms with van der Waals surface area (Å²) in [4.78, 5) is 24.5. The first kappa shape index (κ1) is 20.3. The van der Waals surface area contributed by atoms with E-state index in [0.717, 1.165) is 0 Å². The van der Waals surface area contributed by atoms with Crippen molar-refractivity contribution in [2.45, 2.75) is 26.9 Å². The van der Waals surface area contributed by atoms with Crippen molar-refractivity contribution in [3.8, 4) is 11.5 Å². The van der Waals surface area contributed by atoms with E-state index >= 15 is 0 Å². The number of anilines is 1. The summed E-state index contributed by atoms with van der Waals surface area (Å²) in [6.07, 6.45) is -0.944. The summed E-state index contributed by atoms with van der Waals surface area (Å²) in [6.45, 7) is 6.14. The average molecular weight is 371 g/mol. The summed E-state index contributed by atoms with van der Waals surface area (Å²) < 4.78 is 16.2. The van der Waals surface area contributed by atoms with Crippen LogP contribution in [-0.4, -0.2) is 31.7 Å². The van der Waals surface area contributed by atoms with Crippen LogP contribution in [0.3, 0.4) is 0 Å². The second-order valence-corrected chi connectivity index (χ2v) is 6.47. The van der Waals surface area contributed by atoms with Gasteiger partial charge in [0.2, 0.25) is 0 Å². The smallest absolute Gasteiger partial charge is 0.339 e. The normalized spacial score (nSPS) is 11.6. The third kappa shape index (κ3) is 6.02. The van der Waals surface area contributed by atoms with Gasteiger partial charge in [0, 0.05) is 5.69 Å². The molecular formula is C21H25NO5.